The van der Waals surface area contributed by atoms with Gasteiger partial charge in [0.05, 0.1) is 0 Å². The first-order valence-corrected chi connectivity index (χ1v) is 7.59. The van der Waals surface area contributed by atoms with Crippen LogP contribution in [0, 0.1) is 6.92 Å². The lowest BCUT2D eigenvalue weighted by molar-refractivity contribution is 0.0924. The van der Waals surface area contributed by atoms with Crippen LogP contribution in [-0.4, -0.2) is 27.4 Å². The quantitative estimate of drug-likeness (QED) is 0.868. The number of halogens is 1. The van der Waals surface area contributed by atoms with Gasteiger partial charge in [0.2, 0.25) is 0 Å². The van der Waals surface area contributed by atoms with Gasteiger partial charge >= 0.3 is 0 Å². The van der Waals surface area contributed by atoms with Crippen molar-refractivity contribution in [3.63, 3.8) is 0 Å². The summed E-state index contributed by atoms with van der Waals surface area (Å²) in [4.78, 5) is 29.0. The zero-order valence-corrected chi connectivity index (χ0v) is 13.8. The van der Waals surface area contributed by atoms with E-state index < -0.39 is 0 Å². The Morgan fingerprint density at radius 2 is 2.04 bits per heavy atom. The Bertz CT molecular complexity index is 766. The van der Waals surface area contributed by atoms with Gasteiger partial charge in [-0.25, -0.2) is 4.98 Å². The lowest BCUT2D eigenvalue weighted by atomic mass is 9.92. The van der Waals surface area contributed by atoms with E-state index in [9.17, 15) is 9.59 Å². The number of amides is 1. The Morgan fingerprint density at radius 1 is 1.35 bits per heavy atom. The van der Waals surface area contributed by atoms with Crippen LogP contribution in [0.15, 0.2) is 29.3 Å². The van der Waals surface area contributed by atoms with Crippen LogP contribution in [0.1, 0.15) is 41.6 Å². The van der Waals surface area contributed by atoms with Gasteiger partial charge in [-0.15, -0.1) is 12.4 Å². The number of aromatic nitrogens is 2. The molecule has 1 fully saturated rings. The number of nitrogens with zero attached hydrogens (tertiary/aromatic N) is 2. The minimum absolute atomic E-state index is 0. The summed E-state index contributed by atoms with van der Waals surface area (Å²) in [5.74, 6) is -0.354. The highest BCUT2D eigenvalue weighted by Crippen LogP contribution is 2.17. The summed E-state index contributed by atoms with van der Waals surface area (Å²) in [6, 6.07) is 3.95. The first kappa shape index (κ1) is 17.4. The number of carbonyl (C=O) groups is 1. The highest BCUT2D eigenvalue weighted by atomic mass is 35.5. The summed E-state index contributed by atoms with van der Waals surface area (Å²) >= 11 is 0. The van der Waals surface area contributed by atoms with E-state index >= 15 is 0 Å². The van der Waals surface area contributed by atoms with Crippen LogP contribution < -0.4 is 16.6 Å². The van der Waals surface area contributed by atoms with E-state index in [2.05, 4.69) is 10.3 Å². The highest BCUT2D eigenvalue weighted by Gasteiger charge is 2.22. The molecule has 7 heteroatoms. The summed E-state index contributed by atoms with van der Waals surface area (Å²) in [6.07, 6.45) is 6.53. The topological polar surface area (TPSA) is 89.5 Å². The van der Waals surface area contributed by atoms with Gasteiger partial charge in [-0.1, -0.05) is 0 Å². The molecule has 23 heavy (non-hydrogen) atoms. The third kappa shape index (κ3) is 3.71. The molecule has 0 bridgehead atoms. The Balaban J connectivity index is 0.00000192. The molecular formula is C16H21ClN4O2. The van der Waals surface area contributed by atoms with Crippen LogP contribution in [0.3, 0.4) is 0 Å². The molecule has 0 aromatic carbocycles. The predicted octanol–water partition coefficient (Wildman–Crippen LogP) is 1.42. The molecule has 124 valence electrons. The number of nitrogens with two attached hydrogens (primary N) is 1. The second kappa shape index (κ2) is 7.10. The van der Waals surface area contributed by atoms with Crippen molar-refractivity contribution in [2.45, 2.75) is 44.7 Å². The fraction of sp³-hybridized carbons (Fsp3) is 0.438. The minimum Gasteiger partial charge on any atom is -0.349 e. The fourth-order valence-electron chi connectivity index (χ4n) is 2.86. The van der Waals surface area contributed by atoms with Crippen LogP contribution >= 0.6 is 12.4 Å². The smallest absolute Gasteiger partial charge is 0.270 e. The molecule has 1 aliphatic carbocycles. The Morgan fingerprint density at radius 3 is 2.74 bits per heavy atom. The third-order valence-electron chi connectivity index (χ3n) is 4.22. The van der Waals surface area contributed by atoms with Gasteiger partial charge in [0.25, 0.3) is 11.5 Å². The molecule has 6 nitrogen and oxygen atoms in total. The van der Waals surface area contributed by atoms with E-state index in [1.54, 1.807) is 6.20 Å². The molecular weight excluding hydrogens is 316 g/mol. The van der Waals surface area contributed by atoms with Crippen LogP contribution in [0.4, 0.5) is 0 Å². The first-order valence-electron chi connectivity index (χ1n) is 7.59. The number of pyridine rings is 1. The molecule has 0 aliphatic heterocycles. The monoisotopic (exact) mass is 336 g/mol. The Kier molecular flexibility index (Phi) is 5.38. The molecule has 0 radical (unpaired) electrons. The van der Waals surface area contributed by atoms with Gasteiger partial charge in [-0.05, 0) is 50.3 Å². The van der Waals surface area contributed by atoms with Crippen molar-refractivity contribution in [1.82, 2.24) is 14.7 Å². The SMILES string of the molecule is Cc1ccn2c(=O)c(C(=O)NC3CCC(N)CC3)cnc2c1.Cl. The molecule has 0 spiro atoms. The van der Waals surface area contributed by atoms with Gasteiger partial charge < -0.3 is 11.1 Å². The Hall–Kier alpha value is -1.92. The van der Waals surface area contributed by atoms with Crippen molar-refractivity contribution < 1.29 is 4.79 Å². The van der Waals surface area contributed by atoms with Gasteiger partial charge in [0.1, 0.15) is 11.2 Å². The second-order valence-electron chi connectivity index (χ2n) is 5.99. The predicted molar refractivity (Wildman–Crippen MR) is 91.1 cm³/mol. The number of rotatable bonds is 2. The standard InChI is InChI=1S/C16H20N4O2.ClH/c1-10-6-7-20-14(8-10)18-9-13(16(20)22)15(21)19-12-4-2-11(17)3-5-12;/h6-9,11-12H,2-5,17H2,1H3,(H,19,21);1H. The molecule has 2 heterocycles. The van der Waals surface area contributed by atoms with E-state index in [0.717, 1.165) is 31.2 Å². The number of nitrogens with one attached hydrogen (secondary N) is 1. The molecule has 3 N–H and O–H groups in total. The van der Waals surface area contributed by atoms with Crippen molar-refractivity contribution in [2.24, 2.45) is 5.73 Å². The molecule has 2 aromatic rings. The van der Waals surface area contributed by atoms with E-state index in [0.29, 0.717) is 5.65 Å². The third-order valence-corrected chi connectivity index (χ3v) is 4.22. The first-order chi connectivity index (χ1) is 10.5. The molecule has 1 amide bonds. The lowest BCUT2D eigenvalue weighted by Gasteiger charge is -2.26. The molecule has 0 atom stereocenters. The number of hydrogen-bond acceptors (Lipinski definition) is 4. The number of aryl methyl sites for hydroxylation is 1. The van der Waals surface area contributed by atoms with Gasteiger partial charge in [0, 0.05) is 24.5 Å². The zero-order valence-electron chi connectivity index (χ0n) is 13.0. The van der Waals surface area contributed by atoms with Crippen LogP contribution in [0.25, 0.3) is 5.65 Å². The van der Waals surface area contributed by atoms with Crippen molar-refractivity contribution in [3.8, 4) is 0 Å². The van der Waals surface area contributed by atoms with Crippen LogP contribution in [-0.2, 0) is 0 Å². The number of fused-ring (bicyclic) bond motifs is 1. The van der Waals surface area contributed by atoms with Crippen LogP contribution in [0.2, 0.25) is 0 Å². The van der Waals surface area contributed by atoms with Gasteiger partial charge in [0.15, 0.2) is 0 Å². The van der Waals surface area contributed by atoms with Crippen molar-refractivity contribution in [3.05, 3.63) is 46.0 Å². The summed E-state index contributed by atoms with van der Waals surface area (Å²) in [5, 5.41) is 2.92. The van der Waals surface area contributed by atoms with Crippen molar-refractivity contribution in [2.75, 3.05) is 0 Å². The molecule has 2 aromatic heterocycles. The average Bonchev–Trinajstić information content (AvgIpc) is 2.49. The Labute approximate surface area is 140 Å². The van der Waals surface area contributed by atoms with E-state index in [1.807, 2.05) is 19.1 Å². The molecule has 0 saturated heterocycles. The fourth-order valence-corrected chi connectivity index (χ4v) is 2.86. The largest absolute Gasteiger partial charge is 0.349 e. The summed E-state index contributed by atoms with van der Waals surface area (Å²) < 4.78 is 1.40. The maximum atomic E-state index is 12.4. The normalized spacial score (nSPS) is 20.8. The molecule has 0 unspecified atom stereocenters. The second-order valence-corrected chi connectivity index (χ2v) is 5.99. The maximum Gasteiger partial charge on any atom is 0.270 e. The number of carbonyl (C=O) groups excluding carboxylic acids is 1. The molecule has 3 rings (SSSR count). The summed E-state index contributed by atoms with van der Waals surface area (Å²) in [7, 11) is 0. The van der Waals surface area contributed by atoms with Crippen LogP contribution in [0.5, 0.6) is 0 Å². The van der Waals surface area contributed by atoms with E-state index in [-0.39, 0.29) is 41.5 Å². The van der Waals surface area contributed by atoms with Gasteiger partial charge in [-0.3, -0.25) is 14.0 Å². The average molecular weight is 337 g/mol. The molecule has 1 saturated carbocycles. The summed E-state index contributed by atoms with van der Waals surface area (Å²) in [5.41, 5.74) is 7.17. The van der Waals surface area contributed by atoms with E-state index in [1.165, 1.54) is 10.6 Å². The maximum absolute atomic E-state index is 12.4. The van der Waals surface area contributed by atoms with Crippen molar-refractivity contribution >= 4 is 24.0 Å². The van der Waals surface area contributed by atoms with E-state index in [4.69, 9.17) is 5.73 Å². The number of hydrogen-bond donors (Lipinski definition) is 2. The lowest BCUT2D eigenvalue weighted by Crippen LogP contribution is -2.42. The highest BCUT2D eigenvalue weighted by molar-refractivity contribution is 5.93. The molecule has 1 aliphatic rings. The summed E-state index contributed by atoms with van der Waals surface area (Å²) in [6.45, 7) is 1.93. The van der Waals surface area contributed by atoms with Crippen molar-refractivity contribution in [1.29, 1.82) is 0 Å². The van der Waals surface area contributed by atoms with Gasteiger partial charge in [-0.2, -0.15) is 0 Å². The zero-order chi connectivity index (χ0) is 15.7. The minimum atomic E-state index is -0.354.